The van der Waals surface area contributed by atoms with Crippen molar-refractivity contribution in [1.29, 1.82) is 0 Å². The molecule has 2 amide bonds. The Morgan fingerprint density at radius 2 is 1.96 bits per heavy atom. The second-order valence-electron chi connectivity index (χ2n) is 5.44. The van der Waals surface area contributed by atoms with Crippen molar-refractivity contribution >= 4 is 21.7 Å². The van der Waals surface area contributed by atoms with Crippen molar-refractivity contribution in [3.05, 3.63) is 24.3 Å². The highest BCUT2D eigenvalue weighted by atomic mass is 32.2. The summed E-state index contributed by atoms with van der Waals surface area (Å²) in [5.74, 6) is 0.687. The number of carbonyl (C=O) groups excluding carboxylic acids is 1. The molecule has 0 spiro atoms. The maximum atomic E-state index is 12.0. The number of rotatable bonds is 8. The van der Waals surface area contributed by atoms with E-state index in [9.17, 15) is 13.2 Å². The average Bonchev–Trinajstić information content (AvgIpc) is 3.28. The summed E-state index contributed by atoms with van der Waals surface area (Å²) in [6.45, 7) is 2.84. The number of urea groups is 1. The van der Waals surface area contributed by atoms with Gasteiger partial charge in [-0.2, -0.15) is 0 Å². The van der Waals surface area contributed by atoms with Gasteiger partial charge < -0.3 is 15.4 Å². The van der Waals surface area contributed by atoms with E-state index in [-0.39, 0.29) is 25.2 Å². The van der Waals surface area contributed by atoms with Crippen LogP contribution in [-0.2, 0) is 10.0 Å². The van der Waals surface area contributed by atoms with Crippen molar-refractivity contribution < 1.29 is 17.9 Å². The molecule has 1 aliphatic rings. The van der Waals surface area contributed by atoms with E-state index < -0.39 is 10.0 Å². The molecule has 128 valence electrons. The second kappa shape index (κ2) is 7.54. The highest BCUT2D eigenvalue weighted by Gasteiger charge is 2.23. The molecule has 1 saturated carbocycles. The minimum Gasteiger partial charge on any atom is -0.494 e. The van der Waals surface area contributed by atoms with E-state index >= 15 is 0 Å². The van der Waals surface area contributed by atoms with Gasteiger partial charge in [-0.15, -0.1) is 0 Å². The molecular weight excluding hydrogens is 318 g/mol. The molecule has 0 saturated heterocycles. The van der Waals surface area contributed by atoms with Crippen LogP contribution >= 0.6 is 0 Å². The summed E-state index contributed by atoms with van der Waals surface area (Å²) in [5, 5.41) is 5.47. The lowest BCUT2D eigenvalue weighted by molar-refractivity contribution is 0.241. The molecule has 0 aliphatic heterocycles. The van der Waals surface area contributed by atoms with E-state index in [4.69, 9.17) is 4.74 Å². The third-order valence-electron chi connectivity index (χ3n) is 3.35. The number of hydrogen-bond donors (Lipinski definition) is 2. The van der Waals surface area contributed by atoms with E-state index in [1.54, 1.807) is 24.3 Å². The van der Waals surface area contributed by atoms with E-state index in [1.165, 1.54) is 4.31 Å². The van der Waals surface area contributed by atoms with Crippen LogP contribution in [0.4, 0.5) is 10.5 Å². The average molecular weight is 341 g/mol. The van der Waals surface area contributed by atoms with Gasteiger partial charge in [0.2, 0.25) is 10.0 Å². The Hall–Kier alpha value is -1.96. The number of benzene rings is 1. The first kappa shape index (κ1) is 17.4. The van der Waals surface area contributed by atoms with E-state index in [1.807, 2.05) is 6.92 Å². The smallest absolute Gasteiger partial charge is 0.315 e. The summed E-state index contributed by atoms with van der Waals surface area (Å²) in [4.78, 5) is 11.6. The molecule has 1 aliphatic carbocycles. The van der Waals surface area contributed by atoms with Gasteiger partial charge in [0.05, 0.1) is 25.1 Å². The van der Waals surface area contributed by atoms with Gasteiger partial charge in [0.25, 0.3) is 0 Å². The maximum absolute atomic E-state index is 12.0. The Kier molecular flexibility index (Phi) is 5.70. The Balaban J connectivity index is 1.94. The van der Waals surface area contributed by atoms with Crippen LogP contribution in [0.25, 0.3) is 0 Å². The highest BCUT2D eigenvalue weighted by molar-refractivity contribution is 7.92. The predicted octanol–water partition coefficient (Wildman–Crippen LogP) is 1.31. The molecule has 2 N–H and O–H groups in total. The topological polar surface area (TPSA) is 87.7 Å². The number of nitrogens with zero attached hydrogens (tertiary/aromatic N) is 1. The van der Waals surface area contributed by atoms with Gasteiger partial charge >= 0.3 is 6.03 Å². The monoisotopic (exact) mass is 341 g/mol. The first-order valence-corrected chi connectivity index (χ1v) is 9.50. The Morgan fingerprint density at radius 1 is 1.30 bits per heavy atom. The summed E-state index contributed by atoms with van der Waals surface area (Å²) in [6.07, 6.45) is 3.16. The van der Waals surface area contributed by atoms with Crippen LogP contribution < -0.4 is 19.7 Å². The summed E-state index contributed by atoms with van der Waals surface area (Å²) >= 11 is 0. The van der Waals surface area contributed by atoms with Gasteiger partial charge in [0.1, 0.15) is 5.75 Å². The Bertz CT molecular complexity index is 627. The molecule has 0 unspecified atom stereocenters. The minimum absolute atomic E-state index is 0.172. The fourth-order valence-electron chi connectivity index (χ4n) is 2.10. The summed E-state index contributed by atoms with van der Waals surface area (Å²) < 4.78 is 30.6. The van der Waals surface area contributed by atoms with Crippen LogP contribution in [0, 0.1) is 0 Å². The van der Waals surface area contributed by atoms with Crippen LogP contribution in [0.3, 0.4) is 0 Å². The molecule has 0 aromatic heterocycles. The lowest BCUT2D eigenvalue weighted by Crippen LogP contribution is -2.42. The Labute approximate surface area is 137 Å². The molecule has 1 fully saturated rings. The SMILES string of the molecule is CCOc1ccc(N(CCNC(=O)NC2CC2)S(C)(=O)=O)cc1. The largest absolute Gasteiger partial charge is 0.494 e. The molecule has 0 bridgehead atoms. The minimum atomic E-state index is -3.43. The zero-order chi connectivity index (χ0) is 16.9. The van der Waals surface area contributed by atoms with Gasteiger partial charge in [-0.1, -0.05) is 0 Å². The van der Waals surface area contributed by atoms with E-state index in [2.05, 4.69) is 10.6 Å². The van der Waals surface area contributed by atoms with Crippen LogP contribution in [0.1, 0.15) is 19.8 Å². The number of anilines is 1. The van der Waals surface area contributed by atoms with Crippen molar-refractivity contribution in [1.82, 2.24) is 10.6 Å². The lowest BCUT2D eigenvalue weighted by atomic mass is 10.3. The molecule has 1 aromatic rings. The van der Waals surface area contributed by atoms with Crippen LogP contribution in [0.2, 0.25) is 0 Å². The number of ether oxygens (including phenoxy) is 1. The zero-order valence-electron chi connectivity index (χ0n) is 13.4. The summed E-state index contributed by atoms with van der Waals surface area (Å²) in [6, 6.07) is 6.85. The third kappa shape index (κ3) is 5.63. The lowest BCUT2D eigenvalue weighted by Gasteiger charge is -2.22. The standard InChI is InChI=1S/C15H23N3O4S/c1-3-22-14-8-6-13(7-9-14)18(23(2,20)21)11-10-16-15(19)17-12-4-5-12/h6-9,12H,3-5,10-11H2,1-2H3,(H2,16,17,19). The van der Waals surface area contributed by atoms with Gasteiger partial charge in [0, 0.05) is 12.6 Å². The number of nitrogens with one attached hydrogen (secondary N) is 2. The van der Waals surface area contributed by atoms with Gasteiger partial charge in [-0.25, -0.2) is 13.2 Å². The molecule has 0 heterocycles. The Morgan fingerprint density at radius 3 is 2.48 bits per heavy atom. The van der Waals surface area contributed by atoms with E-state index in [0.717, 1.165) is 19.1 Å². The van der Waals surface area contributed by atoms with Crippen molar-refractivity contribution in [3.63, 3.8) is 0 Å². The summed E-state index contributed by atoms with van der Waals surface area (Å²) in [7, 11) is -3.43. The fraction of sp³-hybridized carbons (Fsp3) is 0.533. The van der Waals surface area contributed by atoms with Crippen molar-refractivity contribution in [2.75, 3.05) is 30.3 Å². The van der Waals surface area contributed by atoms with Crippen molar-refractivity contribution in [2.45, 2.75) is 25.8 Å². The van der Waals surface area contributed by atoms with Crippen LogP contribution in [0.15, 0.2) is 24.3 Å². The predicted molar refractivity (Wildman–Crippen MR) is 89.4 cm³/mol. The molecule has 0 atom stereocenters. The fourth-order valence-corrected chi connectivity index (χ4v) is 3.02. The second-order valence-corrected chi connectivity index (χ2v) is 7.34. The van der Waals surface area contributed by atoms with Gasteiger partial charge in [-0.3, -0.25) is 4.31 Å². The quantitative estimate of drug-likeness (QED) is 0.746. The first-order chi connectivity index (χ1) is 10.9. The molecule has 23 heavy (non-hydrogen) atoms. The molecule has 7 nitrogen and oxygen atoms in total. The third-order valence-corrected chi connectivity index (χ3v) is 4.54. The van der Waals surface area contributed by atoms with Crippen LogP contribution in [0.5, 0.6) is 5.75 Å². The number of amides is 2. The zero-order valence-corrected chi connectivity index (χ0v) is 14.2. The van der Waals surface area contributed by atoms with Crippen molar-refractivity contribution in [3.8, 4) is 5.75 Å². The molecule has 0 radical (unpaired) electrons. The molecule has 1 aromatic carbocycles. The van der Waals surface area contributed by atoms with Gasteiger partial charge in [-0.05, 0) is 44.0 Å². The maximum Gasteiger partial charge on any atom is 0.315 e. The molecular formula is C15H23N3O4S. The van der Waals surface area contributed by atoms with Crippen LogP contribution in [-0.4, -0.2) is 46.4 Å². The van der Waals surface area contributed by atoms with E-state index in [0.29, 0.717) is 18.0 Å². The number of carbonyl (C=O) groups is 1. The van der Waals surface area contributed by atoms with Gasteiger partial charge in [0.15, 0.2) is 0 Å². The van der Waals surface area contributed by atoms with Crippen molar-refractivity contribution in [2.24, 2.45) is 0 Å². The molecule has 2 rings (SSSR count). The normalized spacial score (nSPS) is 14.2. The first-order valence-electron chi connectivity index (χ1n) is 7.65. The molecule has 8 heteroatoms. The number of sulfonamides is 1. The highest BCUT2D eigenvalue weighted by Crippen LogP contribution is 2.21. The summed E-state index contributed by atoms with van der Waals surface area (Å²) in [5.41, 5.74) is 0.542. The number of hydrogen-bond acceptors (Lipinski definition) is 4.